The van der Waals surface area contributed by atoms with E-state index in [-0.39, 0.29) is 23.0 Å². The summed E-state index contributed by atoms with van der Waals surface area (Å²) in [6, 6.07) is 5.42. The van der Waals surface area contributed by atoms with Gasteiger partial charge in [-0.25, -0.2) is 13.2 Å². The molecule has 2 unspecified atom stereocenters. The SMILES string of the molecule is CCN(CC)S(=O)(=O)c1ccc(C(=O)NCC(=O)OC2CC(C)OC2=O)cc1. The number of carbonyl (C=O) groups excluding carboxylic acids is 3. The van der Waals surface area contributed by atoms with Crippen LogP contribution in [0.1, 0.15) is 37.6 Å². The van der Waals surface area contributed by atoms with E-state index in [0.717, 1.165) is 0 Å². The fraction of sp³-hybridized carbons (Fsp3) is 0.500. The van der Waals surface area contributed by atoms with Crippen LogP contribution in [0.4, 0.5) is 0 Å². The third-order valence-corrected chi connectivity index (χ3v) is 6.32. The largest absolute Gasteiger partial charge is 0.460 e. The Balaban J connectivity index is 1.92. The predicted octanol–water partition coefficient (Wildman–Crippen LogP) is 0.694. The van der Waals surface area contributed by atoms with Gasteiger partial charge in [-0.15, -0.1) is 0 Å². The number of nitrogens with one attached hydrogen (secondary N) is 1. The molecule has 0 saturated carbocycles. The third kappa shape index (κ3) is 5.08. The average Bonchev–Trinajstić information content (AvgIpc) is 2.97. The molecule has 1 aromatic carbocycles. The Bertz CT molecular complexity index is 832. The maximum absolute atomic E-state index is 12.4. The van der Waals surface area contributed by atoms with Gasteiger partial charge in [0.1, 0.15) is 12.6 Å². The lowest BCUT2D eigenvalue weighted by atomic mass is 10.2. The maximum Gasteiger partial charge on any atom is 0.347 e. The van der Waals surface area contributed by atoms with E-state index in [4.69, 9.17) is 9.47 Å². The van der Waals surface area contributed by atoms with E-state index in [1.807, 2.05) is 0 Å². The molecular weight excluding hydrogens is 388 g/mol. The number of esters is 2. The fourth-order valence-corrected chi connectivity index (χ4v) is 4.22. The first kappa shape index (κ1) is 21.8. The minimum absolute atomic E-state index is 0.0843. The summed E-state index contributed by atoms with van der Waals surface area (Å²) in [7, 11) is -3.61. The molecule has 9 nitrogen and oxygen atoms in total. The van der Waals surface area contributed by atoms with Crippen molar-refractivity contribution in [2.75, 3.05) is 19.6 Å². The van der Waals surface area contributed by atoms with Gasteiger partial charge in [0.15, 0.2) is 0 Å². The van der Waals surface area contributed by atoms with Gasteiger partial charge < -0.3 is 14.8 Å². The number of carbonyl (C=O) groups is 3. The molecule has 1 heterocycles. The molecule has 0 spiro atoms. The van der Waals surface area contributed by atoms with E-state index >= 15 is 0 Å². The Kier molecular flexibility index (Phi) is 7.14. The van der Waals surface area contributed by atoms with Gasteiger partial charge in [-0.05, 0) is 31.2 Å². The molecule has 1 aliphatic heterocycles. The Hall–Kier alpha value is -2.46. The van der Waals surface area contributed by atoms with Crippen LogP contribution in [0.5, 0.6) is 0 Å². The van der Waals surface area contributed by atoms with Crippen molar-refractivity contribution in [2.24, 2.45) is 0 Å². The number of rotatable bonds is 8. The zero-order valence-corrected chi connectivity index (χ0v) is 16.8. The minimum Gasteiger partial charge on any atom is -0.460 e. The molecule has 0 aromatic heterocycles. The summed E-state index contributed by atoms with van der Waals surface area (Å²) < 4.78 is 36.0. The summed E-state index contributed by atoms with van der Waals surface area (Å²) in [5.74, 6) is -1.92. The van der Waals surface area contributed by atoms with Gasteiger partial charge in [0, 0.05) is 25.1 Å². The lowest BCUT2D eigenvalue weighted by Crippen LogP contribution is -2.34. The number of amides is 1. The lowest BCUT2D eigenvalue weighted by Gasteiger charge is -2.18. The molecule has 28 heavy (non-hydrogen) atoms. The van der Waals surface area contributed by atoms with E-state index in [1.165, 1.54) is 28.6 Å². The third-order valence-electron chi connectivity index (χ3n) is 4.25. The molecule has 1 saturated heterocycles. The average molecular weight is 412 g/mol. The van der Waals surface area contributed by atoms with Crippen LogP contribution in [0, 0.1) is 0 Å². The Morgan fingerprint density at radius 1 is 1.21 bits per heavy atom. The zero-order chi connectivity index (χ0) is 20.9. The summed E-state index contributed by atoms with van der Waals surface area (Å²) in [6.45, 7) is 5.45. The van der Waals surface area contributed by atoms with E-state index < -0.39 is 40.5 Å². The molecule has 1 aliphatic rings. The summed E-state index contributed by atoms with van der Waals surface area (Å²) in [5.41, 5.74) is 0.195. The topological polar surface area (TPSA) is 119 Å². The Morgan fingerprint density at radius 2 is 1.82 bits per heavy atom. The smallest absolute Gasteiger partial charge is 0.347 e. The second-order valence-corrected chi connectivity index (χ2v) is 8.20. The second-order valence-electron chi connectivity index (χ2n) is 6.26. The van der Waals surface area contributed by atoms with E-state index in [1.54, 1.807) is 20.8 Å². The number of hydrogen-bond donors (Lipinski definition) is 1. The van der Waals surface area contributed by atoms with Gasteiger partial charge in [-0.3, -0.25) is 9.59 Å². The number of sulfonamides is 1. The molecule has 1 fully saturated rings. The highest BCUT2D eigenvalue weighted by atomic mass is 32.2. The fourth-order valence-electron chi connectivity index (χ4n) is 2.76. The first-order chi connectivity index (χ1) is 13.2. The molecule has 154 valence electrons. The highest BCUT2D eigenvalue weighted by Crippen LogP contribution is 2.18. The highest BCUT2D eigenvalue weighted by molar-refractivity contribution is 7.89. The van der Waals surface area contributed by atoms with Crippen molar-refractivity contribution in [1.82, 2.24) is 9.62 Å². The molecule has 1 aromatic rings. The van der Waals surface area contributed by atoms with Crippen LogP contribution in [0.2, 0.25) is 0 Å². The lowest BCUT2D eigenvalue weighted by molar-refractivity contribution is -0.160. The first-order valence-electron chi connectivity index (χ1n) is 8.97. The van der Waals surface area contributed by atoms with Crippen molar-refractivity contribution in [2.45, 2.75) is 44.3 Å². The molecule has 0 bridgehead atoms. The van der Waals surface area contributed by atoms with Crippen molar-refractivity contribution in [3.05, 3.63) is 29.8 Å². The number of ether oxygens (including phenoxy) is 2. The van der Waals surface area contributed by atoms with Gasteiger partial charge in [-0.2, -0.15) is 4.31 Å². The van der Waals surface area contributed by atoms with Crippen molar-refractivity contribution in [3.63, 3.8) is 0 Å². The van der Waals surface area contributed by atoms with Crippen LogP contribution < -0.4 is 5.32 Å². The number of nitrogens with zero attached hydrogens (tertiary/aromatic N) is 1. The summed E-state index contributed by atoms with van der Waals surface area (Å²) in [5, 5.41) is 2.38. The van der Waals surface area contributed by atoms with Crippen molar-refractivity contribution in [1.29, 1.82) is 0 Å². The van der Waals surface area contributed by atoms with Gasteiger partial charge in [0.25, 0.3) is 5.91 Å². The standard InChI is InChI=1S/C18H24N2O7S/c1-4-20(5-2)28(24,25)14-8-6-13(7-9-14)17(22)19-11-16(21)27-15-10-12(3)26-18(15)23/h6-9,12,15H,4-5,10-11H2,1-3H3,(H,19,22). The normalized spacial score (nSPS) is 19.4. The summed E-state index contributed by atoms with van der Waals surface area (Å²) >= 11 is 0. The molecular formula is C18H24N2O7S. The molecule has 1 amide bonds. The second kappa shape index (κ2) is 9.16. The molecule has 2 atom stereocenters. The van der Waals surface area contributed by atoms with E-state index in [2.05, 4.69) is 5.32 Å². The molecule has 10 heteroatoms. The van der Waals surface area contributed by atoms with Crippen LogP contribution in [-0.2, 0) is 29.1 Å². The van der Waals surface area contributed by atoms with Crippen molar-refractivity contribution >= 4 is 27.9 Å². The van der Waals surface area contributed by atoms with Crippen LogP contribution in [0.3, 0.4) is 0 Å². The maximum atomic E-state index is 12.4. The number of cyclic esters (lactones) is 1. The van der Waals surface area contributed by atoms with Crippen LogP contribution in [0.25, 0.3) is 0 Å². The van der Waals surface area contributed by atoms with Gasteiger partial charge >= 0.3 is 11.9 Å². The van der Waals surface area contributed by atoms with E-state index in [9.17, 15) is 22.8 Å². The van der Waals surface area contributed by atoms with Gasteiger partial charge in [0.05, 0.1) is 4.90 Å². The number of hydrogen-bond acceptors (Lipinski definition) is 7. The first-order valence-corrected chi connectivity index (χ1v) is 10.4. The van der Waals surface area contributed by atoms with Crippen LogP contribution >= 0.6 is 0 Å². The van der Waals surface area contributed by atoms with Crippen LogP contribution in [0.15, 0.2) is 29.2 Å². The quantitative estimate of drug-likeness (QED) is 0.624. The van der Waals surface area contributed by atoms with Gasteiger partial charge in [0.2, 0.25) is 16.1 Å². The zero-order valence-electron chi connectivity index (χ0n) is 16.0. The summed E-state index contributed by atoms with van der Waals surface area (Å²) in [6.07, 6.45) is -0.990. The van der Waals surface area contributed by atoms with Crippen molar-refractivity contribution in [3.8, 4) is 0 Å². The summed E-state index contributed by atoms with van der Waals surface area (Å²) in [4.78, 5) is 35.5. The number of benzene rings is 1. The highest BCUT2D eigenvalue weighted by Gasteiger charge is 2.35. The van der Waals surface area contributed by atoms with Gasteiger partial charge in [-0.1, -0.05) is 13.8 Å². The Labute approximate surface area is 164 Å². The molecule has 1 N–H and O–H groups in total. The van der Waals surface area contributed by atoms with Crippen LogP contribution in [-0.4, -0.2) is 62.4 Å². The molecule has 0 aliphatic carbocycles. The monoisotopic (exact) mass is 412 g/mol. The minimum atomic E-state index is -3.61. The predicted molar refractivity (Wildman–Crippen MR) is 98.9 cm³/mol. The van der Waals surface area contributed by atoms with Crippen molar-refractivity contribution < 1.29 is 32.3 Å². The molecule has 0 radical (unpaired) electrons. The van der Waals surface area contributed by atoms with E-state index in [0.29, 0.717) is 13.1 Å². The Morgan fingerprint density at radius 3 is 2.32 bits per heavy atom. The molecule has 2 rings (SSSR count).